The lowest BCUT2D eigenvalue weighted by atomic mass is 9.73. The maximum absolute atomic E-state index is 13.0. The highest BCUT2D eigenvalue weighted by Gasteiger charge is 2.42. The minimum atomic E-state index is -0.392. The maximum Gasteiger partial charge on any atom is 0.231 e. The molecule has 1 heterocycles. The molecule has 0 radical (unpaired) electrons. The largest absolute Gasteiger partial charge is 0.381 e. The van der Waals surface area contributed by atoms with Gasteiger partial charge in [0.25, 0.3) is 0 Å². The van der Waals surface area contributed by atoms with E-state index in [1.54, 1.807) is 0 Å². The molecule has 2 fully saturated rings. The smallest absolute Gasteiger partial charge is 0.231 e. The Morgan fingerprint density at radius 2 is 1.71 bits per heavy atom. The van der Waals surface area contributed by atoms with E-state index in [9.17, 15) is 4.79 Å². The highest BCUT2D eigenvalue weighted by molar-refractivity contribution is 5.88. The Kier molecular flexibility index (Phi) is 4.59. The molecule has 0 unspecified atom stereocenters. The lowest BCUT2D eigenvalue weighted by Crippen LogP contribution is -2.51. The van der Waals surface area contributed by atoms with Crippen molar-refractivity contribution in [1.82, 2.24) is 5.32 Å². The fourth-order valence-electron chi connectivity index (χ4n) is 3.69. The van der Waals surface area contributed by atoms with Gasteiger partial charge in [-0.05, 0) is 31.2 Å². The average Bonchev–Trinajstić information content (AvgIpc) is 2.57. The second-order valence-electron chi connectivity index (χ2n) is 6.37. The summed E-state index contributed by atoms with van der Waals surface area (Å²) < 4.78 is 5.51. The van der Waals surface area contributed by atoms with Crippen LogP contribution in [0.5, 0.6) is 0 Å². The summed E-state index contributed by atoms with van der Waals surface area (Å²) in [6.07, 6.45) is 7.63. The van der Waals surface area contributed by atoms with Gasteiger partial charge in [0, 0.05) is 19.3 Å². The van der Waals surface area contributed by atoms with E-state index in [-0.39, 0.29) is 5.91 Å². The normalized spacial score (nSPS) is 22.7. The van der Waals surface area contributed by atoms with Gasteiger partial charge in [-0.25, -0.2) is 0 Å². The summed E-state index contributed by atoms with van der Waals surface area (Å²) in [4.78, 5) is 13.0. The zero-order valence-corrected chi connectivity index (χ0v) is 12.6. The van der Waals surface area contributed by atoms with Crippen molar-refractivity contribution in [1.29, 1.82) is 0 Å². The summed E-state index contributed by atoms with van der Waals surface area (Å²) in [5.41, 5.74) is 0.748. The molecule has 21 heavy (non-hydrogen) atoms. The first kappa shape index (κ1) is 14.6. The van der Waals surface area contributed by atoms with E-state index < -0.39 is 5.41 Å². The second kappa shape index (κ2) is 6.61. The van der Waals surface area contributed by atoms with Gasteiger partial charge >= 0.3 is 0 Å². The van der Waals surface area contributed by atoms with Crippen LogP contribution in [0.3, 0.4) is 0 Å². The number of amides is 1. The summed E-state index contributed by atoms with van der Waals surface area (Å²) in [6.45, 7) is 1.35. The zero-order chi connectivity index (χ0) is 14.5. The van der Waals surface area contributed by atoms with Crippen LogP contribution in [-0.2, 0) is 14.9 Å². The Labute approximate surface area is 127 Å². The number of rotatable bonds is 3. The first-order valence-electron chi connectivity index (χ1n) is 8.25. The van der Waals surface area contributed by atoms with Crippen LogP contribution >= 0.6 is 0 Å². The van der Waals surface area contributed by atoms with E-state index in [4.69, 9.17) is 4.74 Å². The lowest BCUT2D eigenvalue weighted by Gasteiger charge is -2.38. The van der Waals surface area contributed by atoms with Gasteiger partial charge < -0.3 is 10.1 Å². The molecule has 3 heteroatoms. The van der Waals surface area contributed by atoms with Crippen molar-refractivity contribution in [3.05, 3.63) is 35.9 Å². The molecule has 0 spiro atoms. The molecule has 3 nitrogen and oxygen atoms in total. The topological polar surface area (TPSA) is 38.3 Å². The fourth-order valence-corrected chi connectivity index (χ4v) is 3.69. The molecule has 0 atom stereocenters. The number of ether oxygens (including phenoxy) is 1. The van der Waals surface area contributed by atoms with Crippen LogP contribution in [0.4, 0.5) is 0 Å². The molecule has 0 bridgehead atoms. The molecule has 1 N–H and O–H groups in total. The molecule has 1 saturated heterocycles. The average molecular weight is 287 g/mol. The second-order valence-corrected chi connectivity index (χ2v) is 6.37. The van der Waals surface area contributed by atoms with Gasteiger partial charge in [0.1, 0.15) is 0 Å². The minimum absolute atomic E-state index is 0.212. The van der Waals surface area contributed by atoms with Crippen molar-refractivity contribution in [2.45, 2.75) is 56.4 Å². The van der Waals surface area contributed by atoms with Gasteiger partial charge in [0.05, 0.1) is 5.41 Å². The molecular formula is C18H25NO2. The van der Waals surface area contributed by atoms with E-state index in [2.05, 4.69) is 17.4 Å². The van der Waals surface area contributed by atoms with E-state index in [1.807, 2.05) is 18.2 Å². The molecule has 2 aliphatic rings. The summed E-state index contributed by atoms with van der Waals surface area (Å²) in [5.74, 6) is 0.212. The number of hydrogen-bond donors (Lipinski definition) is 1. The first-order chi connectivity index (χ1) is 10.3. The minimum Gasteiger partial charge on any atom is -0.381 e. The van der Waals surface area contributed by atoms with Crippen LogP contribution < -0.4 is 5.32 Å². The molecule has 1 aliphatic carbocycles. The Morgan fingerprint density at radius 1 is 1.05 bits per heavy atom. The first-order valence-corrected chi connectivity index (χ1v) is 8.25. The Balaban J connectivity index is 1.79. The Morgan fingerprint density at radius 3 is 2.38 bits per heavy atom. The van der Waals surface area contributed by atoms with Gasteiger partial charge in [-0.3, -0.25) is 4.79 Å². The van der Waals surface area contributed by atoms with Crippen molar-refractivity contribution in [3.63, 3.8) is 0 Å². The number of nitrogens with one attached hydrogen (secondary N) is 1. The summed E-state index contributed by atoms with van der Waals surface area (Å²) >= 11 is 0. The molecule has 1 saturated carbocycles. The maximum atomic E-state index is 13.0. The molecule has 114 valence electrons. The SMILES string of the molecule is O=C(NC1CCCCC1)C1(c2ccccc2)CCOCC1. The Bertz CT molecular complexity index is 459. The van der Waals surface area contributed by atoms with Gasteiger partial charge in [-0.15, -0.1) is 0 Å². The molecule has 0 aromatic heterocycles. The van der Waals surface area contributed by atoms with Crippen molar-refractivity contribution < 1.29 is 9.53 Å². The van der Waals surface area contributed by atoms with Crippen LogP contribution in [0.25, 0.3) is 0 Å². The number of benzene rings is 1. The fraction of sp³-hybridized carbons (Fsp3) is 0.611. The van der Waals surface area contributed by atoms with Crippen LogP contribution in [0, 0.1) is 0 Å². The highest BCUT2D eigenvalue weighted by Crippen LogP contribution is 2.35. The molecule has 1 aliphatic heterocycles. The monoisotopic (exact) mass is 287 g/mol. The molecule has 1 aromatic carbocycles. The summed E-state index contributed by atoms with van der Waals surface area (Å²) in [6, 6.07) is 10.6. The van der Waals surface area contributed by atoms with Gasteiger partial charge in [0.2, 0.25) is 5.91 Å². The molecular weight excluding hydrogens is 262 g/mol. The quantitative estimate of drug-likeness (QED) is 0.927. The van der Waals surface area contributed by atoms with Crippen LogP contribution in [-0.4, -0.2) is 25.2 Å². The predicted molar refractivity (Wildman–Crippen MR) is 83.2 cm³/mol. The third-order valence-corrected chi connectivity index (χ3v) is 5.05. The van der Waals surface area contributed by atoms with E-state index in [0.717, 1.165) is 31.2 Å². The zero-order valence-electron chi connectivity index (χ0n) is 12.6. The summed E-state index contributed by atoms with van der Waals surface area (Å²) in [5, 5.41) is 3.33. The van der Waals surface area contributed by atoms with Gasteiger partial charge in [-0.1, -0.05) is 49.6 Å². The third-order valence-electron chi connectivity index (χ3n) is 5.05. The van der Waals surface area contributed by atoms with E-state index in [1.165, 1.54) is 19.3 Å². The van der Waals surface area contributed by atoms with Crippen molar-refractivity contribution in [3.8, 4) is 0 Å². The molecule has 1 aromatic rings. The van der Waals surface area contributed by atoms with E-state index in [0.29, 0.717) is 19.3 Å². The van der Waals surface area contributed by atoms with Crippen LogP contribution in [0.2, 0.25) is 0 Å². The van der Waals surface area contributed by atoms with Gasteiger partial charge in [0.15, 0.2) is 0 Å². The molecule has 1 amide bonds. The van der Waals surface area contributed by atoms with Crippen LogP contribution in [0.1, 0.15) is 50.5 Å². The summed E-state index contributed by atoms with van der Waals surface area (Å²) in [7, 11) is 0. The Hall–Kier alpha value is -1.35. The molecule has 3 rings (SSSR count). The number of hydrogen-bond acceptors (Lipinski definition) is 2. The highest BCUT2D eigenvalue weighted by atomic mass is 16.5. The number of carbonyl (C=O) groups excluding carboxylic acids is 1. The predicted octanol–water partition coefficient (Wildman–Crippen LogP) is 3.18. The van der Waals surface area contributed by atoms with Crippen molar-refractivity contribution >= 4 is 5.91 Å². The lowest BCUT2D eigenvalue weighted by molar-refractivity contribution is -0.131. The van der Waals surface area contributed by atoms with Crippen molar-refractivity contribution in [2.75, 3.05) is 13.2 Å². The third kappa shape index (κ3) is 3.13. The van der Waals surface area contributed by atoms with Gasteiger partial charge in [-0.2, -0.15) is 0 Å². The van der Waals surface area contributed by atoms with Crippen LogP contribution in [0.15, 0.2) is 30.3 Å². The standard InChI is InChI=1S/C18H25NO2/c20-17(19-16-9-5-2-6-10-16)18(11-13-21-14-12-18)15-7-3-1-4-8-15/h1,3-4,7-8,16H,2,5-6,9-14H2,(H,19,20). The van der Waals surface area contributed by atoms with E-state index >= 15 is 0 Å². The van der Waals surface area contributed by atoms with Crippen molar-refractivity contribution in [2.24, 2.45) is 0 Å². The number of carbonyl (C=O) groups is 1.